The highest BCUT2D eigenvalue weighted by molar-refractivity contribution is 5.85. The summed E-state index contributed by atoms with van der Waals surface area (Å²) < 4.78 is 17.9. The fourth-order valence-electron chi connectivity index (χ4n) is 1.68. The molecular formula is C13H12FNO3. The topological polar surface area (TPSA) is 63.3 Å². The summed E-state index contributed by atoms with van der Waals surface area (Å²) in [7, 11) is 0. The van der Waals surface area contributed by atoms with Gasteiger partial charge in [0.25, 0.3) is 0 Å². The van der Waals surface area contributed by atoms with E-state index in [0.717, 1.165) is 5.56 Å². The van der Waals surface area contributed by atoms with Gasteiger partial charge in [-0.25, -0.2) is 9.18 Å². The molecule has 94 valence electrons. The van der Waals surface area contributed by atoms with E-state index in [1.165, 1.54) is 18.2 Å². The monoisotopic (exact) mass is 249 g/mol. The van der Waals surface area contributed by atoms with Crippen molar-refractivity contribution in [1.82, 2.24) is 5.16 Å². The first-order valence-electron chi connectivity index (χ1n) is 5.38. The van der Waals surface area contributed by atoms with Crippen LogP contribution in [0.5, 0.6) is 0 Å². The Balaban J connectivity index is 2.40. The SMILES string of the molecule is CC(C)(c1ccc(F)cc1)c1cc(C(=O)O)no1. The van der Waals surface area contributed by atoms with Crippen LogP contribution in [0.15, 0.2) is 34.9 Å². The minimum absolute atomic E-state index is 0.139. The van der Waals surface area contributed by atoms with Crippen LogP contribution in [0.2, 0.25) is 0 Å². The zero-order valence-corrected chi connectivity index (χ0v) is 9.98. The summed E-state index contributed by atoms with van der Waals surface area (Å²) in [6.45, 7) is 3.71. The van der Waals surface area contributed by atoms with Crippen molar-refractivity contribution in [2.75, 3.05) is 0 Å². The Kier molecular flexibility index (Phi) is 2.90. The van der Waals surface area contributed by atoms with Gasteiger partial charge in [-0.1, -0.05) is 17.3 Å². The van der Waals surface area contributed by atoms with E-state index in [9.17, 15) is 9.18 Å². The summed E-state index contributed by atoms with van der Waals surface area (Å²) >= 11 is 0. The molecule has 0 radical (unpaired) electrons. The number of hydrogen-bond acceptors (Lipinski definition) is 3. The summed E-state index contributed by atoms with van der Waals surface area (Å²) in [6.07, 6.45) is 0. The van der Waals surface area contributed by atoms with Gasteiger partial charge in [-0.05, 0) is 31.5 Å². The number of aromatic carboxylic acids is 1. The predicted molar refractivity (Wildman–Crippen MR) is 62.0 cm³/mol. The lowest BCUT2D eigenvalue weighted by molar-refractivity contribution is 0.0685. The van der Waals surface area contributed by atoms with Gasteiger partial charge < -0.3 is 9.63 Å². The minimum atomic E-state index is -1.14. The molecule has 0 amide bonds. The van der Waals surface area contributed by atoms with Crippen molar-refractivity contribution >= 4 is 5.97 Å². The molecule has 1 aromatic heterocycles. The Morgan fingerprint density at radius 2 is 1.94 bits per heavy atom. The first-order valence-corrected chi connectivity index (χ1v) is 5.38. The van der Waals surface area contributed by atoms with Crippen LogP contribution in [0.25, 0.3) is 0 Å². The standard InChI is InChI=1S/C13H12FNO3/c1-13(2,8-3-5-9(14)6-4-8)11-7-10(12(16)17)15-18-11/h3-7H,1-2H3,(H,16,17). The van der Waals surface area contributed by atoms with Crippen molar-refractivity contribution in [1.29, 1.82) is 0 Å². The highest BCUT2D eigenvalue weighted by Gasteiger charge is 2.29. The zero-order chi connectivity index (χ0) is 13.3. The number of carbonyl (C=O) groups is 1. The van der Waals surface area contributed by atoms with Crippen LogP contribution in [0, 0.1) is 5.82 Å². The highest BCUT2D eigenvalue weighted by Crippen LogP contribution is 2.31. The van der Waals surface area contributed by atoms with Gasteiger partial charge >= 0.3 is 5.97 Å². The maximum atomic E-state index is 12.9. The van der Waals surface area contributed by atoms with E-state index < -0.39 is 11.4 Å². The molecule has 1 heterocycles. The molecule has 0 fully saturated rings. The van der Waals surface area contributed by atoms with Gasteiger partial charge in [0, 0.05) is 6.07 Å². The Hall–Kier alpha value is -2.17. The summed E-state index contributed by atoms with van der Waals surface area (Å²) in [4.78, 5) is 10.8. The van der Waals surface area contributed by atoms with E-state index in [1.54, 1.807) is 12.1 Å². The first kappa shape index (κ1) is 12.3. The highest BCUT2D eigenvalue weighted by atomic mass is 19.1. The van der Waals surface area contributed by atoms with Crippen LogP contribution < -0.4 is 0 Å². The molecule has 2 rings (SSSR count). The maximum Gasteiger partial charge on any atom is 0.358 e. The van der Waals surface area contributed by atoms with E-state index in [-0.39, 0.29) is 11.5 Å². The molecule has 5 heteroatoms. The molecule has 4 nitrogen and oxygen atoms in total. The largest absolute Gasteiger partial charge is 0.476 e. The van der Waals surface area contributed by atoms with E-state index >= 15 is 0 Å². The zero-order valence-electron chi connectivity index (χ0n) is 9.98. The molecule has 0 unspecified atom stereocenters. The van der Waals surface area contributed by atoms with Gasteiger partial charge in [-0.3, -0.25) is 0 Å². The molecule has 0 aliphatic heterocycles. The van der Waals surface area contributed by atoms with Crippen LogP contribution >= 0.6 is 0 Å². The maximum absolute atomic E-state index is 12.9. The van der Waals surface area contributed by atoms with Crippen molar-refractivity contribution in [3.05, 3.63) is 53.2 Å². The van der Waals surface area contributed by atoms with E-state index in [1.807, 2.05) is 13.8 Å². The van der Waals surface area contributed by atoms with Crippen molar-refractivity contribution in [3.8, 4) is 0 Å². The summed E-state index contributed by atoms with van der Waals surface area (Å²) in [5.41, 5.74) is 0.103. The lowest BCUT2D eigenvalue weighted by Crippen LogP contribution is -2.18. The van der Waals surface area contributed by atoms with Gasteiger partial charge in [0.05, 0.1) is 5.41 Å². The molecular weight excluding hydrogens is 237 g/mol. The third kappa shape index (κ3) is 2.11. The molecule has 0 saturated carbocycles. The lowest BCUT2D eigenvalue weighted by atomic mass is 9.82. The number of aromatic nitrogens is 1. The van der Waals surface area contributed by atoms with Crippen LogP contribution in [-0.4, -0.2) is 16.2 Å². The second-order valence-corrected chi connectivity index (χ2v) is 4.51. The van der Waals surface area contributed by atoms with Crippen molar-refractivity contribution in [2.45, 2.75) is 19.3 Å². The van der Waals surface area contributed by atoms with Crippen LogP contribution in [-0.2, 0) is 5.41 Å². The molecule has 1 N–H and O–H groups in total. The quantitative estimate of drug-likeness (QED) is 0.908. The Morgan fingerprint density at radius 1 is 1.33 bits per heavy atom. The summed E-state index contributed by atoms with van der Waals surface area (Å²) in [5, 5.41) is 12.3. The van der Waals surface area contributed by atoms with Gasteiger partial charge in [-0.15, -0.1) is 0 Å². The Bertz CT molecular complexity index is 572. The van der Waals surface area contributed by atoms with Gasteiger partial charge in [0.1, 0.15) is 11.6 Å². The molecule has 0 saturated heterocycles. The van der Waals surface area contributed by atoms with E-state index in [0.29, 0.717) is 5.76 Å². The van der Waals surface area contributed by atoms with Gasteiger partial charge in [0.15, 0.2) is 5.69 Å². The lowest BCUT2D eigenvalue weighted by Gasteiger charge is -2.21. The number of carboxylic acid groups (broad SMARTS) is 1. The fourth-order valence-corrected chi connectivity index (χ4v) is 1.68. The normalized spacial score (nSPS) is 11.5. The van der Waals surface area contributed by atoms with E-state index in [2.05, 4.69) is 5.16 Å². The summed E-state index contributed by atoms with van der Waals surface area (Å²) in [5.74, 6) is -1.04. The van der Waals surface area contributed by atoms with Crippen LogP contribution in [0.1, 0.15) is 35.7 Å². The second-order valence-electron chi connectivity index (χ2n) is 4.51. The average Bonchev–Trinajstić information content (AvgIpc) is 2.79. The average molecular weight is 249 g/mol. The number of carboxylic acids is 1. The number of benzene rings is 1. The number of nitrogens with zero attached hydrogens (tertiary/aromatic N) is 1. The minimum Gasteiger partial charge on any atom is -0.476 e. The van der Waals surface area contributed by atoms with E-state index in [4.69, 9.17) is 9.63 Å². The first-order chi connectivity index (χ1) is 8.41. The molecule has 0 spiro atoms. The smallest absolute Gasteiger partial charge is 0.358 e. The fraction of sp³-hybridized carbons (Fsp3) is 0.231. The Morgan fingerprint density at radius 3 is 2.44 bits per heavy atom. The molecule has 0 aliphatic rings. The van der Waals surface area contributed by atoms with Crippen LogP contribution in [0.4, 0.5) is 4.39 Å². The molecule has 0 atom stereocenters. The summed E-state index contributed by atoms with van der Waals surface area (Å²) in [6, 6.07) is 7.36. The van der Waals surface area contributed by atoms with Crippen molar-refractivity contribution in [3.63, 3.8) is 0 Å². The van der Waals surface area contributed by atoms with Crippen molar-refractivity contribution < 1.29 is 18.8 Å². The van der Waals surface area contributed by atoms with Crippen LogP contribution in [0.3, 0.4) is 0 Å². The number of rotatable bonds is 3. The molecule has 0 bridgehead atoms. The molecule has 0 aliphatic carbocycles. The molecule has 1 aromatic carbocycles. The Labute approximate surface area is 103 Å². The third-order valence-electron chi connectivity index (χ3n) is 2.91. The predicted octanol–water partition coefficient (Wildman–Crippen LogP) is 2.84. The number of hydrogen-bond donors (Lipinski definition) is 1. The number of halogens is 1. The molecule has 18 heavy (non-hydrogen) atoms. The second kappa shape index (κ2) is 4.25. The molecule has 2 aromatic rings. The van der Waals surface area contributed by atoms with Crippen molar-refractivity contribution in [2.24, 2.45) is 0 Å². The van der Waals surface area contributed by atoms with Gasteiger partial charge in [-0.2, -0.15) is 0 Å². The third-order valence-corrected chi connectivity index (χ3v) is 2.91. The van der Waals surface area contributed by atoms with Gasteiger partial charge in [0.2, 0.25) is 0 Å².